The summed E-state index contributed by atoms with van der Waals surface area (Å²) in [5.74, 6) is -0.0716. The first-order chi connectivity index (χ1) is 23.2. The van der Waals surface area contributed by atoms with E-state index in [4.69, 9.17) is 0 Å². The average Bonchev–Trinajstić information content (AvgIpc) is 3.07. The van der Waals surface area contributed by atoms with Gasteiger partial charge in [-0.25, -0.2) is 0 Å². The highest BCUT2D eigenvalue weighted by Crippen LogP contribution is 2.16. The molecule has 0 unspecified atom stereocenters. The predicted octanol–water partition coefficient (Wildman–Crippen LogP) is 12.8. The maximum Gasteiger partial charge on any atom is 0.220 e. The van der Waals surface area contributed by atoms with Crippen LogP contribution in [0.1, 0.15) is 226 Å². The van der Waals surface area contributed by atoms with Gasteiger partial charge in [-0.15, -0.1) is 0 Å². The Morgan fingerprint density at radius 2 is 0.830 bits per heavy atom. The molecule has 0 rings (SSSR count). The van der Waals surface area contributed by atoms with Gasteiger partial charge < -0.3 is 15.5 Å². The van der Waals surface area contributed by atoms with Crippen molar-refractivity contribution in [2.24, 2.45) is 0 Å². The van der Waals surface area contributed by atoms with E-state index < -0.39 is 12.1 Å². The average molecular weight is 662 g/mol. The van der Waals surface area contributed by atoms with Crippen molar-refractivity contribution in [3.63, 3.8) is 0 Å². The zero-order valence-electron chi connectivity index (χ0n) is 31.8. The van der Waals surface area contributed by atoms with Gasteiger partial charge in [0.25, 0.3) is 0 Å². The number of unbranched alkanes of at least 4 members (excludes halogenated alkanes) is 29. The minimum absolute atomic E-state index is 0.0716. The lowest BCUT2D eigenvalue weighted by Gasteiger charge is -2.19. The normalized spacial score (nSPS) is 13.2. The van der Waals surface area contributed by atoms with Crippen LogP contribution in [0.2, 0.25) is 0 Å². The van der Waals surface area contributed by atoms with E-state index in [1.54, 1.807) is 6.08 Å². The molecular formula is C43H83NO3. The first-order valence-electron chi connectivity index (χ1n) is 21.1. The molecule has 1 amide bonds. The van der Waals surface area contributed by atoms with Gasteiger partial charge in [-0.2, -0.15) is 0 Å². The van der Waals surface area contributed by atoms with Gasteiger partial charge in [-0.1, -0.05) is 212 Å². The Labute approximate surface area is 294 Å². The molecule has 0 fully saturated rings. The van der Waals surface area contributed by atoms with Crippen LogP contribution in [0.15, 0.2) is 24.3 Å². The molecule has 0 aromatic heterocycles. The third kappa shape index (κ3) is 36.0. The maximum atomic E-state index is 12.3. The molecule has 0 aliphatic carbocycles. The van der Waals surface area contributed by atoms with Crippen molar-refractivity contribution >= 4 is 5.91 Å². The molecule has 0 spiro atoms. The molecule has 2 atom stereocenters. The largest absolute Gasteiger partial charge is 0.394 e. The molecule has 0 aromatic rings. The summed E-state index contributed by atoms with van der Waals surface area (Å²) in [5, 5.41) is 22.9. The van der Waals surface area contributed by atoms with E-state index in [9.17, 15) is 15.0 Å². The highest BCUT2D eigenvalue weighted by molar-refractivity contribution is 5.76. The van der Waals surface area contributed by atoms with Crippen LogP contribution in [0.3, 0.4) is 0 Å². The minimum atomic E-state index is -0.856. The fourth-order valence-corrected chi connectivity index (χ4v) is 6.43. The minimum Gasteiger partial charge on any atom is -0.394 e. The Bertz CT molecular complexity index is 676. The molecule has 0 saturated carbocycles. The number of aliphatic hydroxyl groups excluding tert-OH is 2. The summed E-state index contributed by atoms with van der Waals surface area (Å²) >= 11 is 0. The van der Waals surface area contributed by atoms with Crippen molar-refractivity contribution in [1.82, 2.24) is 5.32 Å². The molecule has 4 nitrogen and oxygen atoms in total. The first-order valence-corrected chi connectivity index (χ1v) is 21.1. The van der Waals surface area contributed by atoms with E-state index in [-0.39, 0.29) is 12.5 Å². The topological polar surface area (TPSA) is 69.6 Å². The highest BCUT2D eigenvalue weighted by Gasteiger charge is 2.17. The number of rotatable bonds is 38. The summed E-state index contributed by atoms with van der Waals surface area (Å²) < 4.78 is 0. The van der Waals surface area contributed by atoms with Crippen molar-refractivity contribution in [2.45, 2.75) is 238 Å². The number of nitrogens with one attached hydrogen (secondary N) is 1. The fourth-order valence-electron chi connectivity index (χ4n) is 6.43. The van der Waals surface area contributed by atoms with E-state index in [0.29, 0.717) is 6.42 Å². The second-order valence-electron chi connectivity index (χ2n) is 14.4. The van der Waals surface area contributed by atoms with Crippen molar-refractivity contribution in [2.75, 3.05) is 6.61 Å². The van der Waals surface area contributed by atoms with E-state index in [2.05, 4.69) is 31.3 Å². The summed E-state index contributed by atoms with van der Waals surface area (Å²) in [6.07, 6.45) is 50.0. The Kier molecular flexibility index (Phi) is 38.4. The SMILES string of the molecule is CCCCCCCC/C=C/CC/C=C/[C@@H](O)[C@H](CO)NC(=O)CCCCCCCCCCCCCCCCCCCCCCCCC. The predicted molar refractivity (Wildman–Crippen MR) is 207 cm³/mol. The molecule has 0 aromatic carbocycles. The Balaban J connectivity index is 3.52. The van der Waals surface area contributed by atoms with Gasteiger partial charge in [0.05, 0.1) is 18.8 Å². The van der Waals surface area contributed by atoms with E-state index in [1.165, 1.54) is 173 Å². The summed E-state index contributed by atoms with van der Waals surface area (Å²) in [4.78, 5) is 12.3. The summed E-state index contributed by atoms with van der Waals surface area (Å²) in [5.41, 5.74) is 0. The van der Waals surface area contributed by atoms with Crippen molar-refractivity contribution < 1.29 is 15.0 Å². The second kappa shape index (κ2) is 39.3. The van der Waals surface area contributed by atoms with Crippen molar-refractivity contribution in [1.29, 1.82) is 0 Å². The van der Waals surface area contributed by atoms with Crippen molar-refractivity contribution in [3.05, 3.63) is 24.3 Å². The van der Waals surface area contributed by atoms with Gasteiger partial charge >= 0.3 is 0 Å². The summed E-state index contributed by atoms with van der Waals surface area (Å²) in [6, 6.07) is -0.633. The van der Waals surface area contributed by atoms with Crippen molar-refractivity contribution in [3.8, 4) is 0 Å². The Hall–Kier alpha value is -1.13. The fraction of sp³-hybridized carbons (Fsp3) is 0.884. The quantitative estimate of drug-likeness (QED) is 0.0455. The van der Waals surface area contributed by atoms with Crippen LogP contribution in [-0.4, -0.2) is 34.9 Å². The van der Waals surface area contributed by atoms with Crippen LogP contribution in [0, 0.1) is 0 Å². The number of aliphatic hydroxyl groups is 2. The van der Waals surface area contributed by atoms with Crippen LogP contribution in [0.25, 0.3) is 0 Å². The zero-order valence-corrected chi connectivity index (χ0v) is 31.8. The molecule has 0 aliphatic rings. The Morgan fingerprint density at radius 3 is 1.23 bits per heavy atom. The van der Waals surface area contributed by atoms with Crippen LogP contribution >= 0.6 is 0 Å². The van der Waals surface area contributed by atoms with Gasteiger partial charge in [-0.3, -0.25) is 4.79 Å². The van der Waals surface area contributed by atoms with Gasteiger partial charge in [0.1, 0.15) is 0 Å². The molecule has 0 heterocycles. The molecular weight excluding hydrogens is 578 g/mol. The Morgan fingerprint density at radius 1 is 0.489 bits per heavy atom. The van der Waals surface area contributed by atoms with Gasteiger partial charge in [0, 0.05) is 6.42 Å². The standard InChI is InChI=1S/C43H83NO3/c1-3-5-7-9-11-13-15-17-18-19-20-21-22-23-24-25-26-27-29-31-33-35-37-39-43(47)44-41(40-45)42(46)38-36-34-32-30-28-16-14-12-10-8-6-4-2/h28,30,36,38,41-42,45-46H,3-27,29,31-35,37,39-40H2,1-2H3,(H,44,47)/b30-28+,38-36+/t41-,42+/m0/s1. The molecule has 0 saturated heterocycles. The molecule has 0 radical (unpaired) electrons. The molecule has 0 bridgehead atoms. The number of carbonyl (C=O) groups excluding carboxylic acids is 1. The lowest BCUT2D eigenvalue weighted by molar-refractivity contribution is -0.123. The number of carbonyl (C=O) groups is 1. The lowest BCUT2D eigenvalue weighted by atomic mass is 10.0. The van der Waals surface area contributed by atoms with E-state index >= 15 is 0 Å². The van der Waals surface area contributed by atoms with Crippen LogP contribution in [-0.2, 0) is 4.79 Å². The maximum absolute atomic E-state index is 12.3. The van der Waals surface area contributed by atoms with E-state index in [0.717, 1.165) is 32.1 Å². The van der Waals surface area contributed by atoms with Crippen LogP contribution in [0.4, 0.5) is 0 Å². The molecule has 3 N–H and O–H groups in total. The number of amides is 1. The molecule has 4 heteroatoms. The second-order valence-corrected chi connectivity index (χ2v) is 14.4. The lowest BCUT2D eigenvalue weighted by Crippen LogP contribution is -2.45. The molecule has 47 heavy (non-hydrogen) atoms. The van der Waals surface area contributed by atoms with E-state index in [1.807, 2.05) is 6.08 Å². The zero-order chi connectivity index (χ0) is 34.3. The molecule has 278 valence electrons. The van der Waals surface area contributed by atoms with Gasteiger partial charge in [-0.05, 0) is 32.1 Å². The third-order valence-corrected chi connectivity index (χ3v) is 9.69. The number of hydrogen-bond donors (Lipinski definition) is 3. The molecule has 0 aliphatic heterocycles. The first kappa shape index (κ1) is 45.9. The summed E-state index contributed by atoms with van der Waals surface area (Å²) in [7, 11) is 0. The van der Waals surface area contributed by atoms with Crippen LogP contribution in [0.5, 0.6) is 0 Å². The van der Waals surface area contributed by atoms with Gasteiger partial charge in [0.2, 0.25) is 5.91 Å². The third-order valence-electron chi connectivity index (χ3n) is 9.69. The highest BCUT2D eigenvalue weighted by atomic mass is 16.3. The monoisotopic (exact) mass is 662 g/mol. The number of hydrogen-bond acceptors (Lipinski definition) is 3. The summed E-state index contributed by atoms with van der Waals surface area (Å²) in [6.45, 7) is 4.29. The number of allylic oxidation sites excluding steroid dienone is 3. The smallest absolute Gasteiger partial charge is 0.220 e. The van der Waals surface area contributed by atoms with Crippen LogP contribution < -0.4 is 5.32 Å². The van der Waals surface area contributed by atoms with Gasteiger partial charge in [0.15, 0.2) is 0 Å².